The molecule has 0 aromatic rings. The number of ether oxygens (including phenoxy) is 1. The topological polar surface area (TPSA) is 107 Å². The molecule has 70 valence electrons. The normalized spacial score (nSPS) is 23.8. The Labute approximate surface area is 97.2 Å². The summed E-state index contributed by atoms with van der Waals surface area (Å²) in [4.78, 5) is 10.5. The van der Waals surface area contributed by atoms with E-state index < -0.39 is 36.3 Å². The second-order valence-electron chi connectivity index (χ2n) is 2.31. The van der Waals surface area contributed by atoms with Crippen LogP contribution < -0.4 is 29.6 Å². The maximum atomic E-state index is 10.5. The molecule has 0 amide bonds. The molecule has 2 atom stereocenters. The Morgan fingerprint density at radius 1 is 1.54 bits per heavy atom. The van der Waals surface area contributed by atoms with E-state index >= 15 is 0 Å². The minimum absolute atomic E-state index is 0. The number of hydrogen-bond donors (Lipinski definition) is 4. The molecule has 0 saturated heterocycles. The van der Waals surface area contributed by atoms with Crippen LogP contribution in [0.3, 0.4) is 0 Å². The summed E-state index contributed by atoms with van der Waals surface area (Å²) in [5.41, 5.74) is 0. The zero-order valence-electron chi connectivity index (χ0n) is 7.97. The van der Waals surface area contributed by atoms with Crippen molar-refractivity contribution in [1.82, 2.24) is 0 Å². The third-order valence-electron chi connectivity index (χ3n) is 1.48. The fourth-order valence-electron chi connectivity index (χ4n) is 0.823. The van der Waals surface area contributed by atoms with Gasteiger partial charge in [-0.25, -0.2) is 4.79 Å². The number of carbonyl (C=O) groups is 1. The van der Waals surface area contributed by atoms with E-state index in [1.807, 2.05) is 0 Å². The Hall–Kier alpha value is -0.270. The van der Waals surface area contributed by atoms with E-state index in [0.29, 0.717) is 0 Å². The largest absolute Gasteiger partial charge is 1.00 e. The van der Waals surface area contributed by atoms with E-state index in [4.69, 9.17) is 20.4 Å². The molecule has 0 aromatic heterocycles. The van der Waals surface area contributed by atoms with E-state index in [-0.39, 0.29) is 31.0 Å². The van der Waals surface area contributed by atoms with Crippen LogP contribution >= 0.6 is 0 Å². The molecule has 0 radical (unpaired) electrons. The van der Waals surface area contributed by atoms with Gasteiger partial charge in [0, 0.05) is 0 Å². The molecule has 1 unspecified atom stereocenters. The average Bonchev–Trinajstić information content (AvgIpc) is 2.32. The summed E-state index contributed by atoms with van der Waals surface area (Å²) in [5, 5.41) is 35.0. The molecule has 0 saturated carbocycles. The van der Waals surface area contributed by atoms with Crippen LogP contribution in [0.1, 0.15) is 1.43 Å². The van der Waals surface area contributed by atoms with Crippen LogP contribution in [0.2, 0.25) is 0 Å². The van der Waals surface area contributed by atoms with Crippen LogP contribution in [0.4, 0.5) is 0 Å². The van der Waals surface area contributed by atoms with Gasteiger partial charge in [-0.2, -0.15) is 0 Å². The van der Waals surface area contributed by atoms with Gasteiger partial charge in [-0.05, 0) is 0 Å². The summed E-state index contributed by atoms with van der Waals surface area (Å²) in [6.45, 7) is -0.671. The van der Waals surface area contributed by atoms with Crippen molar-refractivity contribution in [3.63, 3.8) is 0 Å². The van der Waals surface area contributed by atoms with Gasteiger partial charge in [-0.1, -0.05) is 0 Å². The van der Waals surface area contributed by atoms with Crippen LogP contribution in [-0.2, 0) is 9.53 Å². The van der Waals surface area contributed by atoms with E-state index in [2.05, 4.69) is 4.74 Å². The van der Waals surface area contributed by atoms with Crippen molar-refractivity contribution in [1.29, 1.82) is 0 Å². The molecule has 1 rings (SSSR count). The van der Waals surface area contributed by atoms with Crippen molar-refractivity contribution in [2.24, 2.45) is 0 Å². The second kappa shape index (κ2) is 4.83. The summed E-state index contributed by atoms with van der Waals surface area (Å²) in [5.74, 6) is -2.78. The number of rotatable bonds is 2. The standard InChI is InChI=1S/C6H8O6.Na.H/c7-1-2(8)5-3(9)4(10)6(11)12-5;;/h2,5,7-10H,1H2;;/q;+1;-1/t2-,5?;;/m0../s1. The monoisotopic (exact) mass is 200 g/mol. The number of aliphatic hydroxyl groups excluding tert-OH is 4. The molecule has 7 heteroatoms. The Morgan fingerprint density at radius 3 is 2.38 bits per heavy atom. The summed E-state index contributed by atoms with van der Waals surface area (Å²) >= 11 is 0. The van der Waals surface area contributed by atoms with Gasteiger partial charge in [0.15, 0.2) is 11.9 Å². The molecule has 13 heavy (non-hydrogen) atoms. The fraction of sp³-hybridized carbons (Fsp3) is 0.500. The van der Waals surface area contributed by atoms with Gasteiger partial charge in [0.1, 0.15) is 6.10 Å². The molecule has 1 heterocycles. The van der Waals surface area contributed by atoms with E-state index in [0.717, 1.165) is 0 Å². The SMILES string of the molecule is O=C1OC([C@@H](O)CO)C(O)=C1O.[H-].[Na+]. The Morgan fingerprint density at radius 2 is 2.08 bits per heavy atom. The number of carbonyl (C=O) groups excluding carboxylic acids is 1. The van der Waals surface area contributed by atoms with Crippen LogP contribution in [0.25, 0.3) is 0 Å². The molecule has 1 aliphatic heterocycles. The molecule has 0 aromatic carbocycles. The maximum absolute atomic E-state index is 10.5. The van der Waals surface area contributed by atoms with Crippen LogP contribution in [-0.4, -0.2) is 45.2 Å². The Kier molecular flexibility index (Phi) is 4.72. The van der Waals surface area contributed by atoms with Gasteiger partial charge in [0.25, 0.3) is 0 Å². The summed E-state index contributed by atoms with van der Waals surface area (Å²) in [6.07, 6.45) is -2.78. The van der Waals surface area contributed by atoms with Crippen LogP contribution in [0.5, 0.6) is 0 Å². The number of cyclic esters (lactones) is 1. The molecule has 0 aliphatic carbocycles. The van der Waals surface area contributed by atoms with E-state index in [1.165, 1.54) is 0 Å². The predicted molar refractivity (Wildman–Crippen MR) is 36.4 cm³/mol. The van der Waals surface area contributed by atoms with Crippen molar-refractivity contribution >= 4 is 5.97 Å². The average molecular weight is 200 g/mol. The first kappa shape index (κ1) is 12.7. The maximum Gasteiger partial charge on any atom is 1.00 e. The number of esters is 1. The second-order valence-corrected chi connectivity index (χ2v) is 2.31. The quantitative estimate of drug-likeness (QED) is 0.265. The van der Waals surface area contributed by atoms with Crippen molar-refractivity contribution in [2.45, 2.75) is 12.2 Å². The van der Waals surface area contributed by atoms with Crippen LogP contribution in [0.15, 0.2) is 11.5 Å². The zero-order valence-corrected chi connectivity index (χ0v) is 8.97. The van der Waals surface area contributed by atoms with Crippen molar-refractivity contribution in [3.05, 3.63) is 11.5 Å². The van der Waals surface area contributed by atoms with Crippen molar-refractivity contribution in [3.8, 4) is 0 Å². The Balaban J connectivity index is 0. The zero-order chi connectivity index (χ0) is 9.30. The predicted octanol–water partition coefficient (Wildman–Crippen LogP) is -4.29. The minimum atomic E-state index is -1.42. The summed E-state index contributed by atoms with van der Waals surface area (Å²) in [7, 11) is 0. The van der Waals surface area contributed by atoms with Gasteiger partial charge in [-0.15, -0.1) is 0 Å². The van der Waals surface area contributed by atoms with Crippen molar-refractivity contribution in [2.75, 3.05) is 6.61 Å². The first-order valence-electron chi connectivity index (χ1n) is 3.20. The van der Waals surface area contributed by atoms with E-state index in [1.54, 1.807) is 0 Å². The van der Waals surface area contributed by atoms with Gasteiger partial charge in [0.05, 0.1) is 6.61 Å². The van der Waals surface area contributed by atoms with Gasteiger partial charge in [0.2, 0.25) is 5.76 Å². The molecule has 0 spiro atoms. The molecule has 0 fully saturated rings. The Bertz CT molecular complexity index is 242. The minimum Gasteiger partial charge on any atom is -1.00 e. The molecule has 1 aliphatic rings. The fourth-order valence-corrected chi connectivity index (χ4v) is 0.823. The van der Waals surface area contributed by atoms with Gasteiger partial charge in [-0.3, -0.25) is 0 Å². The third kappa shape index (κ3) is 2.35. The first-order valence-corrected chi connectivity index (χ1v) is 3.20. The van der Waals surface area contributed by atoms with Crippen LogP contribution in [0, 0.1) is 0 Å². The molecule has 6 nitrogen and oxygen atoms in total. The third-order valence-corrected chi connectivity index (χ3v) is 1.48. The smallest absolute Gasteiger partial charge is 1.00 e. The van der Waals surface area contributed by atoms with Gasteiger partial charge >= 0.3 is 35.5 Å². The molecule has 4 N–H and O–H groups in total. The van der Waals surface area contributed by atoms with Crippen molar-refractivity contribution < 1.29 is 60.9 Å². The van der Waals surface area contributed by atoms with E-state index in [9.17, 15) is 4.79 Å². The van der Waals surface area contributed by atoms with Gasteiger partial charge < -0.3 is 26.6 Å². The molecule has 0 bridgehead atoms. The number of aliphatic hydroxyl groups is 4. The first-order chi connectivity index (χ1) is 5.57. The molecular weight excluding hydrogens is 191 g/mol. The summed E-state index contributed by atoms with van der Waals surface area (Å²) in [6, 6.07) is 0. The summed E-state index contributed by atoms with van der Waals surface area (Å²) < 4.78 is 4.32. The molecular formula is C6H9NaO6. The number of hydrogen-bond acceptors (Lipinski definition) is 6.